The maximum atomic E-state index is 10.5. The van der Waals surface area contributed by atoms with Crippen LogP contribution < -0.4 is 28.4 Å². The second-order valence-corrected chi connectivity index (χ2v) is 10.4. The standard InChI is InChI=1S/C28H34O13/c1-33-16-4-13(7-19(26(16)35-3)40-28-23(32)22(31)21(30)20(8-29)41-28)25-15-10-36-24(14(15)9-37-25)12-5-17(34-2)27-18(6-12)38-11-39-27/h4-7,14-15,20-25,28-32H,8-11H2,1-3H3/t14-,15-,20+,21+,22-,23+,24+,25+,28+/m0/s1. The summed E-state index contributed by atoms with van der Waals surface area (Å²) in [5.41, 5.74) is 1.63. The van der Waals surface area contributed by atoms with Gasteiger partial charge in [0.1, 0.15) is 24.4 Å². The minimum Gasteiger partial charge on any atom is -0.493 e. The SMILES string of the molecule is COc1cc([C@H]2OC[C@H]3[C@@H]2CO[C@@H]3c2cc(OC)c3c(c2)OCO3)cc(O[C@@H]2O[C@H](CO)[C@@H](O)[C@H](O)[C@H]2O)c1OC. The molecule has 4 aliphatic rings. The van der Waals surface area contributed by atoms with Crippen LogP contribution >= 0.6 is 0 Å². The van der Waals surface area contributed by atoms with E-state index in [1.165, 1.54) is 14.2 Å². The largest absolute Gasteiger partial charge is 0.493 e. The van der Waals surface area contributed by atoms with Crippen LogP contribution in [-0.2, 0) is 14.2 Å². The molecule has 0 unspecified atom stereocenters. The molecular formula is C28H34O13. The summed E-state index contributed by atoms with van der Waals surface area (Å²) in [7, 11) is 4.50. The van der Waals surface area contributed by atoms with Crippen LogP contribution in [0, 0.1) is 11.8 Å². The summed E-state index contributed by atoms with van der Waals surface area (Å²) in [4.78, 5) is 0. The minimum atomic E-state index is -1.60. The van der Waals surface area contributed by atoms with Gasteiger partial charge in [0.15, 0.2) is 23.0 Å². The van der Waals surface area contributed by atoms with Gasteiger partial charge in [-0.1, -0.05) is 0 Å². The summed E-state index contributed by atoms with van der Waals surface area (Å²) in [6.45, 7) is 0.424. The zero-order valence-electron chi connectivity index (χ0n) is 22.8. The van der Waals surface area contributed by atoms with E-state index in [1.54, 1.807) is 19.2 Å². The highest BCUT2D eigenvalue weighted by molar-refractivity contribution is 5.56. The van der Waals surface area contributed by atoms with Gasteiger partial charge >= 0.3 is 0 Å². The van der Waals surface area contributed by atoms with Gasteiger partial charge in [0, 0.05) is 11.8 Å². The Morgan fingerprint density at radius 1 is 0.756 bits per heavy atom. The zero-order valence-corrected chi connectivity index (χ0v) is 22.8. The lowest BCUT2D eigenvalue weighted by Gasteiger charge is -2.39. The van der Waals surface area contributed by atoms with Gasteiger partial charge in [0.25, 0.3) is 0 Å². The van der Waals surface area contributed by atoms with E-state index in [9.17, 15) is 20.4 Å². The number of aliphatic hydroxyl groups is 4. The highest BCUT2D eigenvalue weighted by Gasteiger charge is 2.49. The van der Waals surface area contributed by atoms with Crippen LogP contribution in [0.25, 0.3) is 0 Å². The third-order valence-corrected chi connectivity index (χ3v) is 8.16. The number of ether oxygens (including phenoxy) is 9. The second kappa shape index (κ2) is 11.3. The van der Waals surface area contributed by atoms with Gasteiger partial charge in [-0.15, -0.1) is 0 Å². The van der Waals surface area contributed by atoms with E-state index in [1.807, 2.05) is 12.1 Å². The van der Waals surface area contributed by atoms with Gasteiger partial charge in [0.2, 0.25) is 24.6 Å². The monoisotopic (exact) mass is 578 g/mol. The number of fused-ring (bicyclic) bond motifs is 2. The molecule has 2 aromatic carbocycles. The molecule has 2 aromatic rings. The van der Waals surface area contributed by atoms with E-state index < -0.39 is 37.3 Å². The number of aliphatic hydroxyl groups excluding tert-OH is 4. The third-order valence-electron chi connectivity index (χ3n) is 8.16. The molecule has 13 nitrogen and oxygen atoms in total. The van der Waals surface area contributed by atoms with E-state index in [2.05, 4.69) is 0 Å². The lowest BCUT2D eigenvalue weighted by atomic mass is 9.84. The summed E-state index contributed by atoms with van der Waals surface area (Å²) in [6.07, 6.45) is -7.87. The Morgan fingerprint density at radius 2 is 1.39 bits per heavy atom. The van der Waals surface area contributed by atoms with Crippen molar-refractivity contribution in [2.75, 3.05) is 47.9 Å². The van der Waals surface area contributed by atoms with Crippen LogP contribution in [0.4, 0.5) is 0 Å². The zero-order chi connectivity index (χ0) is 28.8. The van der Waals surface area contributed by atoms with Gasteiger partial charge < -0.3 is 63.1 Å². The molecule has 0 aliphatic carbocycles. The molecule has 6 rings (SSSR count). The first-order valence-corrected chi connectivity index (χ1v) is 13.3. The van der Waals surface area contributed by atoms with Crippen molar-refractivity contribution >= 4 is 0 Å². The van der Waals surface area contributed by atoms with Gasteiger partial charge in [-0.05, 0) is 35.4 Å². The summed E-state index contributed by atoms with van der Waals surface area (Å²) in [6, 6.07) is 7.31. The number of benzene rings is 2. The molecule has 4 aliphatic heterocycles. The van der Waals surface area contributed by atoms with Crippen LogP contribution in [0.3, 0.4) is 0 Å². The molecule has 0 amide bonds. The Bertz CT molecular complexity index is 1250. The summed E-state index contributed by atoms with van der Waals surface area (Å²) >= 11 is 0. The van der Waals surface area contributed by atoms with Crippen molar-refractivity contribution in [2.24, 2.45) is 11.8 Å². The Morgan fingerprint density at radius 3 is 2.02 bits per heavy atom. The fourth-order valence-corrected chi connectivity index (χ4v) is 6.04. The van der Waals surface area contributed by atoms with Gasteiger partial charge in [0.05, 0.1) is 53.4 Å². The van der Waals surface area contributed by atoms with E-state index >= 15 is 0 Å². The van der Waals surface area contributed by atoms with E-state index in [0.717, 1.165) is 11.1 Å². The summed E-state index contributed by atoms with van der Waals surface area (Å²) < 4.78 is 51.9. The van der Waals surface area contributed by atoms with Crippen LogP contribution in [0.5, 0.6) is 34.5 Å². The predicted octanol–water partition coefficient (Wildman–Crippen LogP) is 0.695. The molecule has 9 atom stereocenters. The number of methoxy groups -OCH3 is 3. The first-order valence-electron chi connectivity index (χ1n) is 13.3. The van der Waals surface area contributed by atoms with Crippen molar-refractivity contribution in [1.29, 1.82) is 0 Å². The van der Waals surface area contributed by atoms with Crippen LogP contribution in [0.15, 0.2) is 24.3 Å². The molecule has 3 saturated heterocycles. The molecule has 0 saturated carbocycles. The van der Waals surface area contributed by atoms with Gasteiger partial charge in [-0.25, -0.2) is 0 Å². The molecule has 3 fully saturated rings. The van der Waals surface area contributed by atoms with Crippen LogP contribution in [0.2, 0.25) is 0 Å². The predicted molar refractivity (Wildman–Crippen MR) is 137 cm³/mol. The van der Waals surface area contributed by atoms with Crippen molar-refractivity contribution in [3.05, 3.63) is 35.4 Å². The molecule has 4 heterocycles. The number of hydrogen-bond donors (Lipinski definition) is 4. The quantitative estimate of drug-likeness (QED) is 0.346. The topological polar surface area (TPSA) is 164 Å². The highest BCUT2D eigenvalue weighted by atomic mass is 16.7. The molecular weight excluding hydrogens is 544 g/mol. The van der Waals surface area contributed by atoms with E-state index in [0.29, 0.717) is 36.2 Å². The molecule has 0 radical (unpaired) electrons. The average molecular weight is 579 g/mol. The lowest BCUT2D eigenvalue weighted by molar-refractivity contribution is -0.277. The number of rotatable bonds is 8. The molecule has 41 heavy (non-hydrogen) atoms. The molecule has 0 bridgehead atoms. The first-order chi connectivity index (χ1) is 19.9. The second-order valence-electron chi connectivity index (χ2n) is 10.4. The fourth-order valence-electron chi connectivity index (χ4n) is 6.04. The van der Waals surface area contributed by atoms with Crippen molar-refractivity contribution in [2.45, 2.75) is 42.9 Å². The minimum absolute atomic E-state index is 0.00497. The normalized spacial score (nSPS) is 33.9. The molecule has 13 heteroatoms. The molecule has 4 N–H and O–H groups in total. The third kappa shape index (κ3) is 4.80. The maximum absolute atomic E-state index is 10.5. The van der Waals surface area contributed by atoms with Gasteiger partial charge in [-0.2, -0.15) is 0 Å². The Hall–Kier alpha value is -3.04. The molecule has 0 spiro atoms. The molecule has 224 valence electrons. The summed E-state index contributed by atoms with van der Waals surface area (Å²) in [5, 5.41) is 40.4. The number of hydrogen-bond acceptors (Lipinski definition) is 13. The van der Waals surface area contributed by atoms with Crippen molar-refractivity contribution < 1.29 is 63.1 Å². The average Bonchev–Trinajstić information content (AvgIpc) is 3.73. The maximum Gasteiger partial charge on any atom is 0.231 e. The van der Waals surface area contributed by atoms with Crippen LogP contribution in [0.1, 0.15) is 23.3 Å². The Kier molecular flexibility index (Phi) is 7.76. The van der Waals surface area contributed by atoms with E-state index in [-0.39, 0.29) is 42.3 Å². The van der Waals surface area contributed by atoms with Crippen molar-refractivity contribution in [3.8, 4) is 34.5 Å². The lowest BCUT2D eigenvalue weighted by Crippen LogP contribution is -2.60. The highest BCUT2D eigenvalue weighted by Crippen LogP contribution is 2.54. The van der Waals surface area contributed by atoms with Crippen LogP contribution in [-0.4, -0.2) is 99.1 Å². The summed E-state index contributed by atoms with van der Waals surface area (Å²) in [5.74, 6) is 2.54. The smallest absolute Gasteiger partial charge is 0.231 e. The molecule has 0 aromatic heterocycles. The Labute approximate surface area is 236 Å². The first kappa shape index (κ1) is 28.1. The van der Waals surface area contributed by atoms with E-state index in [4.69, 9.17) is 42.6 Å². The van der Waals surface area contributed by atoms with Gasteiger partial charge in [-0.3, -0.25) is 0 Å². The van der Waals surface area contributed by atoms with Crippen molar-refractivity contribution in [3.63, 3.8) is 0 Å². The fraction of sp³-hybridized carbons (Fsp3) is 0.571. The van der Waals surface area contributed by atoms with Crippen molar-refractivity contribution in [1.82, 2.24) is 0 Å². The Balaban J connectivity index is 1.27.